The Morgan fingerprint density at radius 3 is 2.41 bits per heavy atom. The second-order valence-electron chi connectivity index (χ2n) is 3.55. The zero-order valence-electron chi connectivity index (χ0n) is 9.48. The second-order valence-corrected chi connectivity index (χ2v) is 5.00. The van der Waals surface area contributed by atoms with Crippen LogP contribution in [0.2, 0.25) is 0 Å². The van der Waals surface area contributed by atoms with E-state index in [2.05, 4.69) is 0 Å². The molecule has 3 nitrogen and oxygen atoms in total. The quantitative estimate of drug-likeness (QED) is 0.625. The SMILES string of the molecule is [Ir].[NH-]CCCCC(=O)CS(=O)c1ccccc1. The van der Waals surface area contributed by atoms with Crippen LogP contribution >= 0.6 is 0 Å². The number of hydrogen-bond acceptors (Lipinski definition) is 2. The number of benzene rings is 1. The zero-order chi connectivity index (χ0) is 11.8. The summed E-state index contributed by atoms with van der Waals surface area (Å²) >= 11 is 0. The minimum atomic E-state index is -1.22. The molecule has 0 fully saturated rings. The Labute approximate surface area is 118 Å². The third-order valence-corrected chi connectivity index (χ3v) is 3.56. The van der Waals surface area contributed by atoms with Crippen molar-refractivity contribution in [3.63, 3.8) is 0 Å². The van der Waals surface area contributed by atoms with E-state index in [0.29, 0.717) is 17.9 Å². The van der Waals surface area contributed by atoms with Crippen LogP contribution in [0.3, 0.4) is 0 Å². The summed E-state index contributed by atoms with van der Waals surface area (Å²) in [4.78, 5) is 12.2. The number of hydrogen-bond donors (Lipinski definition) is 0. The molecule has 0 bridgehead atoms. The van der Waals surface area contributed by atoms with Crippen LogP contribution in [0.5, 0.6) is 0 Å². The third kappa shape index (κ3) is 6.84. The van der Waals surface area contributed by atoms with Gasteiger partial charge >= 0.3 is 0 Å². The van der Waals surface area contributed by atoms with Gasteiger partial charge in [0.1, 0.15) is 5.78 Å². The molecule has 1 rings (SSSR count). The normalized spacial score (nSPS) is 11.6. The molecule has 0 aliphatic heterocycles. The standard InChI is InChI=1S/C12H16NO2S.Ir/c13-9-5-4-6-11(14)10-16(15)12-7-2-1-3-8-12;/h1-3,7-8,13H,4-6,9-10H2;/q-1;. The Morgan fingerprint density at radius 1 is 1.18 bits per heavy atom. The largest absolute Gasteiger partial charge is 0.677 e. The molecule has 0 amide bonds. The zero-order valence-corrected chi connectivity index (χ0v) is 12.7. The summed E-state index contributed by atoms with van der Waals surface area (Å²) in [6, 6.07) is 9.03. The first kappa shape index (κ1) is 16.6. The van der Waals surface area contributed by atoms with Crippen LogP contribution in [-0.4, -0.2) is 22.3 Å². The topological polar surface area (TPSA) is 57.9 Å². The van der Waals surface area contributed by atoms with Crippen molar-refractivity contribution in [3.8, 4) is 0 Å². The van der Waals surface area contributed by atoms with Crippen molar-refractivity contribution >= 4 is 16.6 Å². The fourth-order valence-corrected chi connectivity index (χ4v) is 2.39. The number of carbonyl (C=O) groups excluding carboxylic acids is 1. The van der Waals surface area contributed by atoms with Crippen molar-refractivity contribution in [1.82, 2.24) is 0 Å². The van der Waals surface area contributed by atoms with E-state index in [-0.39, 0.29) is 31.6 Å². The Bertz CT molecular complexity index is 357. The van der Waals surface area contributed by atoms with Crippen molar-refractivity contribution in [2.75, 3.05) is 12.3 Å². The maximum absolute atomic E-state index is 11.7. The van der Waals surface area contributed by atoms with Gasteiger partial charge in [0.2, 0.25) is 0 Å². The van der Waals surface area contributed by atoms with Gasteiger partial charge in [-0.3, -0.25) is 9.00 Å². The molecule has 0 heterocycles. The maximum Gasteiger partial charge on any atom is 0.145 e. The molecule has 0 aliphatic carbocycles. The Hall–Kier alpha value is -0.351. The van der Waals surface area contributed by atoms with Crippen LogP contribution in [0.15, 0.2) is 35.2 Å². The van der Waals surface area contributed by atoms with Crippen molar-refractivity contribution in [2.45, 2.75) is 24.2 Å². The molecule has 1 aromatic rings. The molecule has 0 spiro atoms. The van der Waals surface area contributed by atoms with E-state index >= 15 is 0 Å². The minimum Gasteiger partial charge on any atom is -0.677 e. The van der Waals surface area contributed by atoms with Gasteiger partial charge in [-0.15, -0.1) is 0 Å². The summed E-state index contributed by atoms with van der Waals surface area (Å²) in [5.41, 5.74) is 6.95. The number of unbranched alkanes of at least 4 members (excludes halogenated alkanes) is 1. The Kier molecular flexibility index (Phi) is 9.46. The van der Waals surface area contributed by atoms with Gasteiger partial charge < -0.3 is 5.73 Å². The molecule has 97 valence electrons. The van der Waals surface area contributed by atoms with E-state index < -0.39 is 10.8 Å². The van der Waals surface area contributed by atoms with E-state index in [9.17, 15) is 9.00 Å². The number of carbonyl (C=O) groups is 1. The van der Waals surface area contributed by atoms with Crippen LogP contribution in [0.4, 0.5) is 0 Å². The average molecular weight is 431 g/mol. The van der Waals surface area contributed by atoms with Gasteiger partial charge in [-0.05, 0) is 18.6 Å². The molecule has 1 radical (unpaired) electrons. The van der Waals surface area contributed by atoms with Crippen molar-refractivity contribution < 1.29 is 29.1 Å². The maximum atomic E-state index is 11.7. The summed E-state index contributed by atoms with van der Waals surface area (Å²) in [5, 5.41) is 0. The Morgan fingerprint density at radius 2 is 1.82 bits per heavy atom. The summed E-state index contributed by atoms with van der Waals surface area (Å²) < 4.78 is 11.7. The molecule has 1 aromatic carbocycles. The first-order chi connectivity index (χ1) is 7.74. The van der Waals surface area contributed by atoms with Crippen LogP contribution in [0.1, 0.15) is 19.3 Å². The van der Waals surface area contributed by atoms with E-state index in [0.717, 1.165) is 12.8 Å². The minimum absolute atomic E-state index is 0. The van der Waals surface area contributed by atoms with E-state index in [1.807, 2.05) is 18.2 Å². The molecular weight excluding hydrogens is 414 g/mol. The average Bonchev–Trinajstić information content (AvgIpc) is 2.30. The van der Waals surface area contributed by atoms with Crippen molar-refractivity contribution in [1.29, 1.82) is 0 Å². The predicted molar refractivity (Wildman–Crippen MR) is 65.8 cm³/mol. The summed E-state index contributed by atoms with van der Waals surface area (Å²) in [7, 11) is -1.22. The number of Topliss-reactive ketones (excluding diaryl/α,β-unsaturated/α-hetero) is 1. The van der Waals surface area contributed by atoms with Gasteiger partial charge in [0.25, 0.3) is 0 Å². The van der Waals surface area contributed by atoms with Gasteiger partial charge in [0.15, 0.2) is 0 Å². The number of ketones is 1. The fraction of sp³-hybridized carbons (Fsp3) is 0.417. The van der Waals surface area contributed by atoms with Gasteiger partial charge in [0.05, 0.1) is 16.6 Å². The molecule has 1 atom stereocenters. The molecule has 0 saturated heterocycles. The van der Waals surface area contributed by atoms with Gasteiger partial charge in [0, 0.05) is 31.4 Å². The predicted octanol–water partition coefficient (Wildman–Crippen LogP) is 2.58. The molecule has 0 saturated carbocycles. The number of nitrogens with one attached hydrogen (secondary N) is 1. The Balaban J connectivity index is 0.00000256. The fourth-order valence-electron chi connectivity index (χ4n) is 1.32. The summed E-state index contributed by atoms with van der Waals surface area (Å²) in [5.74, 6) is 0.123. The molecule has 1 unspecified atom stereocenters. The molecule has 0 aromatic heterocycles. The van der Waals surface area contributed by atoms with Crippen LogP contribution < -0.4 is 0 Å². The first-order valence-electron chi connectivity index (χ1n) is 5.33. The summed E-state index contributed by atoms with van der Waals surface area (Å²) in [6.07, 6.45) is 1.91. The number of rotatable bonds is 7. The van der Waals surface area contributed by atoms with Crippen LogP contribution in [0, 0.1) is 0 Å². The molecule has 17 heavy (non-hydrogen) atoms. The van der Waals surface area contributed by atoms with E-state index in [1.54, 1.807) is 12.1 Å². The third-order valence-electron chi connectivity index (χ3n) is 2.18. The van der Waals surface area contributed by atoms with E-state index in [1.165, 1.54) is 0 Å². The van der Waals surface area contributed by atoms with Gasteiger partial charge in [-0.2, -0.15) is 6.54 Å². The monoisotopic (exact) mass is 431 g/mol. The molecule has 0 aliphatic rings. The molecule has 1 N–H and O–H groups in total. The molecular formula is C12H16IrNO2S-. The first-order valence-corrected chi connectivity index (χ1v) is 6.65. The van der Waals surface area contributed by atoms with Crippen LogP contribution in [0.25, 0.3) is 5.73 Å². The smallest absolute Gasteiger partial charge is 0.145 e. The van der Waals surface area contributed by atoms with Gasteiger partial charge in [-0.25, -0.2) is 0 Å². The van der Waals surface area contributed by atoms with Crippen molar-refractivity contribution in [3.05, 3.63) is 36.1 Å². The second kappa shape index (κ2) is 9.66. The van der Waals surface area contributed by atoms with E-state index in [4.69, 9.17) is 5.73 Å². The van der Waals surface area contributed by atoms with Gasteiger partial charge in [-0.1, -0.05) is 24.6 Å². The summed E-state index contributed by atoms with van der Waals surface area (Å²) in [6.45, 7) is 0.356. The molecule has 5 heteroatoms. The van der Waals surface area contributed by atoms with Crippen molar-refractivity contribution in [2.24, 2.45) is 0 Å². The van der Waals surface area contributed by atoms with Crippen LogP contribution in [-0.2, 0) is 35.7 Å².